The van der Waals surface area contributed by atoms with Crippen LogP contribution in [0.5, 0.6) is 0 Å². The molecule has 0 bridgehead atoms. The van der Waals surface area contributed by atoms with Crippen LogP contribution in [0.3, 0.4) is 0 Å². The summed E-state index contributed by atoms with van der Waals surface area (Å²) < 4.78 is 5.74. The first-order chi connectivity index (χ1) is 10.8. The summed E-state index contributed by atoms with van der Waals surface area (Å²) in [6, 6.07) is 14.1. The lowest BCUT2D eigenvalue weighted by Crippen LogP contribution is -2.34. The summed E-state index contributed by atoms with van der Waals surface area (Å²) in [6.45, 7) is 0. The highest BCUT2D eigenvalue weighted by atomic mass is 16.3. The Morgan fingerprint density at radius 2 is 1.82 bits per heavy atom. The van der Waals surface area contributed by atoms with Crippen LogP contribution in [0.4, 0.5) is 0 Å². The minimum atomic E-state index is -0.0374. The molecule has 0 aliphatic heterocycles. The molecule has 0 radical (unpaired) electrons. The highest BCUT2D eigenvalue weighted by Crippen LogP contribution is 2.22. The molecule has 1 aromatic heterocycles. The van der Waals surface area contributed by atoms with Crippen LogP contribution in [0, 0.1) is 0 Å². The monoisotopic (exact) mass is 295 g/mol. The Hall–Kier alpha value is -2.29. The number of amides is 1. The molecule has 1 N–H and O–H groups in total. The van der Waals surface area contributed by atoms with Gasteiger partial charge in [0.15, 0.2) is 0 Å². The van der Waals surface area contributed by atoms with Gasteiger partial charge in [0, 0.05) is 17.7 Å². The largest absolute Gasteiger partial charge is 0.457 e. The van der Waals surface area contributed by atoms with Gasteiger partial charge in [0.25, 0.3) is 0 Å². The first-order valence-electron chi connectivity index (χ1n) is 7.95. The molecule has 0 spiro atoms. The van der Waals surface area contributed by atoms with Crippen molar-refractivity contribution in [2.75, 3.05) is 0 Å². The fourth-order valence-corrected chi connectivity index (χ4v) is 2.85. The zero-order chi connectivity index (χ0) is 15.2. The minimum Gasteiger partial charge on any atom is -0.457 e. The van der Waals surface area contributed by atoms with E-state index in [2.05, 4.69) is 5.32 Å². The van der Waals surface area contributed by atoms with E-state index in [1.807, 2.05) is 42.5 Å². The maximum Gasteiger partial charge on any atom is 0.244 e. The third kappa shape index (κ3) is 3.88. The average Bonchev–Trinajstić information content (AvgIpc) is 3.04. The third-order valence-electron chi connectivity index (χ3n) is 4.04. The number of hydrogen-bond donors (Lipinski definition) is 1. The lowest BCUT2D eigenvalue weighted by atomic mass is 9.95. The van der Waals surface area contributed by atoms with Crippen LogP contribution in [0.1, 0.15) is 37.9 Å². The SMILES string of the molecule is O=C(/C=C/c1ccc(-c2ccccc2)o1)NC1CCCCC1. The Balaban J connectivity index is 1.58. The van der Waals surface area contributed by atoms with E-state index < -0.39 is 0 Å². The van der Waals surface area contributed by atoms with E-state index in [4.69, 9.17) is 4.42 Å². The molecule has 0 saturated heterocycles. The number of carbonyl (C=O) groups is 1. The minimum absolute atomic E-state index is 0.0374. The van der Waals surface area contributed by atoms with Crippen LogP contribution < -0.4 is 5.32 Å². The van der Waals surface area contributed by atoms with Gasteiger partial charge in [0.05, 0.1) is 0 Å². The lowest BCUT2D eigenvalue weighted by molar-refractivity contribution is -0.117. The number of rotatable bonds is 4. The number of nitrogens with one attached hydrogen (secondary N) is 1. The van der Waals surface area contributed by atoms with Gasteiger partial charge in [-0.15, -0.1) is 0 Å². The molecule has 1 saturated carbocycles. The molecule has 3 rings (SSSR count). The van der Waals surface area contributed by atoms with E-state index in [9.17, 15) is 4.79 Å². The molecular weight excluding hydrogens is 274 g/mol. The van der Waals surface area contributed by atoms with Crippen molar-refractivity contribution in [2.24, 2.45) is 0 Å². The topological polar surface area (TPSA) is 42.2 Å². The van der Waals surface area contributed by atoms with Gasteiger partial charge in [0.2, 0.25) is 5.91 Å². The second-order valence-corrected chi connectivity index (χ2v) is 5.74. The van der Waals surface area contributed by atoms with E-state index in [1.54, 1.807) is 12.2 Å². The quantitative estimate of drug-likeness (QED) is 0.849. The van der Waals surface area contributed by atoms with Crippen molar-refractivity contribution in [3.8, 4) is 11.3 Å². The molecule has 1 aliphatic rings. The van der Waals surface area contributed by atoms with E-state index >= 15 is 0 Å². The maximum absolute atomic E-state index is 11.9. The Kier molecular flexibility index (Phi) is 4.74. The molecule has 3 heteroatoms. The molecule has 0 atom stereocenters. The van der Waals surface area contributed by atoms with Gasteiger partial charge < -0.3 is 9.73 Å². The molecular formula is C19H21NO2. The zero-order valence-electron chi connectivity index (χ0n) is 12.6. The maximum atomic E-state index is 11.9. The summed E-state index contributed by atoms with van der Waals surface area (Å²) in [5, 5.41) is 3.06. The van der Waals surface area contributed by atoms with Gasteiger partial charge in [-0.2, -0.15) is 0 Å². The van der Waals surface area contributed by atoms with Crippen LogP contribution in [0.25, 0.3) is 17.4 Å². The molecule has 1 fully saturated rings. The summed E-state index contributed by atoms with van der Waals surface area (Å²) in [7, 11) is 0. The van der Waals surface area contributed by atoms with E-state index in [-0.39, 0.29) is 5.91 Å². The van der Waals surface area contributed by atoms with Crippen molar-refractivity contribution < 1.29 is 9.21 Å². The highest BCUT2D eigenvalue weighted by Gasteiger charge is 2.14. The van der Waals surface area contributed by atoms with Crippen molar-refractivity contribution >= 4 is 12.0 Å². The van der Waals surface area contributed by atoms with Gasteiger partial charge in [-0.25, -0.2) is 0 Å². The van der Waals surface area contributed by atoms with Crippen molar-refractivity contribution in [1.82, 2.24) is 5.32 Å². The summed E-state index contributed by atoms with van der Waals surface area (Å²) in [5.74, 6) is 1.47. The molecule has 2 aromatic rings. The summed E-state index contributed by atoms with van der Waals surface area (Å²) in [6.07, 6.45) is 9.20. The third-order valence-corrected chi connectivity index (χ3v) is 4.04. The molecule has 22 heavy (non-hydrogen) atoms. The van der Waals surface area contributed by atoms with Crippen molar-refractivity contribution in [1.29, 1.82) is 0 Å². The Morgan fingerprint density at radius 1 is 1.05 bits per heavy atom. The van der Waals surface area contributed by atoms with Crippen LogP contribution >= 0.6 is 0 Å². The van der Waals surface area contributed by atoms with Gasteiger partial charge in [-0.1, -0.05) is 49.6 Å². The van der Waals surface area contributed by atoms with Crippen LogP contribution in [-0.2, 0) is 4.79 Å². The van der Waals surface area contributed by atoms with Crippen LogP contribution in [0.15, 0.2) is 53.0 Å². The van der Waals surface area contributed by atoms with Crippen molar-refractivity contribution in [3.63, 3.8) is 0 Å². The normalized spacial score (nSPS) is 16.0. The predicted octanol–water partition coefficient (Wildman–Crippen LogP) is 4.41. The van der Waals surface area contributed by atoms with Crippen LogP contribution in [-0.4, -0.2) is 11.9 Å². The van der Waals surface area contributed by atoms with Gasteiger partial charge in [-0.3, -0.25) is 4.79 Å². The zero-order valence-corrected chi connectivity index (χ0v) is 12.6. The fraction of sp³-hybridized carbons (Fsp3) is 0.316. The van der Waals surface area contributed by atoms with E-state index in [0.29, 0.717) is 11.8 Å². The molecule has 1 heterocycles. The Bertz CT molecular complexity index is 636. The second-order valence-electron chi connectivity index (χ2n) is 5.74. The van der Waals surface area contributed by atoms with E-state index in [1.165, 1.54) is 19.3 Å². The average molecular weight is 295 g/mol. The fourth-order valence-electron chi connectivity index (χ4n) is 2.85. The summed E-state index contributed by atoms with van der Waals surface area (Å²) in [5.41, 5.74) is 1.04. The number of furan rings is 1. The number of hydrogen-bond acceptors (Lipinski definition) is 2. The molecule has 114 valence electrons. The van der Waals surface area contributed by atoms with Crippen molar-refractivity contribution in [3.05, 3.63) is 54.3 Å². The molecule has 1 amide bonds. The van der Waals surface area contributed by atoms with Crippen LogP contribution in [0.2, 0.25) is 0 Å². The summed E-state index contributed by atoms with van der Waals surface area (Å²) >= 11 is 0. The van der Waals surface area contributed by atoms with Gasteiger partial charge in [-0.05, 0) is 31.1 Å². The first kappa shape index (κ1) is 14.6. The Morgan fingerprint density at radius 3 is 2.59 bits per heavy atom. The summed E-state index contributed by atoms with van der Waals surface area (Å²) in [4.78, 5) is 11.9. The second kappa shape index (κ2) is 7.12. The molecule has 0 unspecified atom stereocenters. The van der Waals surface area contributed by atoms with Gasteiger partial charge in [0.1, 0.15) is 11.5 Å². The predicted molar refractivity (Wildman–Crippen MR) is 88.2 cm³/mol. The highest BCUT2D eigenvalue weighted by molar-refractivity contribution is 5.91. The van der Waals surface area contributed by atoms with E-state index in [0.717, 1.165) is 24.2 Å². The lowest BCUT2D eigenvalue weighted by Gasteiger charge is -2.21. The standard InChI is InChI=1S/C19H21NO2/c21-19(20-16-9-5-2-6-10-16)14-12-17-11-13-18(22-17)15-7-3-1-4-8-15/h1,3-4,7-8,11-14,16H,2,5-6,9-10H2,(H,20,21)/b14-12+. The smallest absolute Gasteiger partial charge is 0.244 e. The first-order valence-corrected chi connectivity index (χ1v) is 7.95. The molecule has 1 aromatic carbocycles. The Labute approximate surface area is 131 Å². The molecule has 3 nitrogen and oxygen atoms in total. The number of carbonyl (C=O) groups excluding carboxylic acids is 1. The van der Waals surface area contributed by atoms with Gasteiger partial charge >= 0.3 is 0 Å². The van der Waals surface area contributed by atoms with Crippen molar-refractivity contribution in [2.45, 2.75) is 38.1 Å². The molecule has 1 aliphatic carbocycles. The number of benzene rings is 1.